The van der Waals surface area contributed by atoms with E-state index in [-0.39, 0.29) is 24.3 Å². The summed E-state index contributed by atoms with van der Waals surface area (Å²) in [5, 5.41) is 2.57. The summed E-state index contributed by atoms with van der Waals surface area (Å²) >= 11 is 0. The Morgan fingerprint density at radius 1 is 1.29 bits per heavy atom. The molecular weight excluding hydrogens is 313 g/mol. The van der Waals surface area contributed by atoms with Gasteiger partial charge in [0.2, 0.25) is 0 Å². The van der Waals surface area contributed by atoms with Crippen molar-refractivity contribution in [1.29, 1.82) is 0 Å². The molecule has 0 saturated carbocycles. The van der Waals surface area contributed by atoms with E-state index in [0.29, 0.717) is 6.42 Å². The largest absolute Gasteiger partial charge is 0.462 e. The second-order valence-corrected chi connectivity index (χ2v) is 5.89. The van der Waals surface area contributed by atoms with Gasteiger partial charge in [-0.3, -0.25) is 0 Å². The third-order valence-electron chi connectivity index (χ3n) is 2.62. The number of benzene rings is 1. The lowest BCUT2D eigenvalue weighted by atomic mass is 10.1. The van der Waals surface area contributed by atoms with Crippen LogP contribution in [-0.2, 0) is 9.47 Å². The van der Waals surface area contributed by atoms with E-state index in [9.17, 15) is 14.0 Å². The van der Waals surface area contributed by atoms with Gasteiger partial charge in [-0.25, -0.2) is 14.0 Å². The molecule has 0 bridgehead atoms. The molecule has 0 aliphatic heterocycles. The van der Waals surface area contributed by atoms with E-state index in [0.717, 1.165) is 0 Å². The first-order valence-electron chi connectivity index (χ1n) is 7.65. The van der Waals surface area contributed by atoms with Crippen LogP contribution in [0, 0.1) is 17.7 Å². The molecule has 0 aliphatic carbocycles. The number of ether oxygens (including phenoxy) is 2. The van der Waals surface area contributed by atoms with Gasteiger partial charge in [-0.05, 0) is 45.9 Å². The highest BCUT2D eigenvalue weighted by Gasteiger charge is 2.15. The first kappa shape index (κ1) is 19.5. The van der Waals surface area contributed by atoms with Gasteiger partial charge in [0.1, 0.15) is 11.4 Å². The molecule has 0 unspecified atom stereocenters. The Bertz CT molecular complexity index is 653. The van der Waals surface area contributed by atoms with E-state index in [1.54, 1.807) is 27.7 Å². The van der Waals surface area contributed by atoms with E-state index in [1.807, 2.05) is 0 Å². The van der Waals surface area contributed by atoms with Gasteiger partial charge in [0.05, 0.1) is 12.2 Å². The van der Waals surface area contributed by atoms with Crippen molar-refractivity contribution in [3.05, 3.63) is 35.1 Å². The zero-order valence-electron chi connectivity index (χ0n) is 14.4. The Balaban J connectivity index is 2.64. The van der Waals surface area contributed by atoms with Crippen LogP contribution in [0.3, 0.4) is 0 Å². The van der Waals surface area contributed by atoms with Gasteiger partial charge in [0.15, 0.2) is 0 Å². The molecule has 6 heteroatoms. The highest BCUT2D eigenvalue weighted by atomic mass is 19.1. The molecular formula is C18H22FNO4. The fraction of sp³-hybridized carbons (Fsp3) is 0.444. The predicted octanol–water partition coefficient (Wildman–Crippen LogP) is 3.27. The van der Waals surface area contributed by atoms with E-state index in [2.05, 4.69) is 17.2 Å². The number of carbonyl (C=O) groups is 2. The summed E-state index contributed by atoms with van der Waals surface area (Å²) in [7, 11) is 0. The van der Waals surface area contributed by atoms with Gasteiger partial charge in [-0.15, -0.1) is 0 Å². The number of carbonyl (C=O) groups excluding carboxylic acids is 2. The highest BCUT2D eigenvalue weighted by Crippen LogP contribution is 2.12. The van der Waals surface area contributed by atoms with Gasteiger partial charge in [-0.2, -0.15) is 0 Å². The van der Waals surface area contributed by atoms with Crippen LogP contribution in [0.15, 0.2) is 18.2 Å². The molecule has 130 valence electrons. The molecule has 0 radical (unpaired) electrons. The summed E-state index contributed by atoms with van der Waals surface area (Å²) in [6, 6.07) is 3.71. The monoisotopic (exact) mass is 335 g/mol. The van der Waals surface area contributed by atoms with Crippen molar-refractivity contribution < 1.29 is 23.5 Å². The highest BCUT2D eigenvalue weighted by molar-refractivity contribution is 5.92. The van der Waals surface area contributed by atoms with Crippen LogP contribution in [0.4, 0.5) is 9.18 Å². The minimum Gasteiger partial charge on any atom is -0.462 e. The van der Waals surface area contributed by atoms with Crippen molar-refractivity contribution in [1.82, 2.24) is 5.32 Å². The fourth-order valence-corrected chi connectivity index (χ4v) is 1.71. The van der Waals surface area contributed by atoms with E-state index in [4.69, 9.17) is 9.47 Å². The van der Waals surface area contributed by atoms with Gasteiger partial charge in [-0.1, -0.05) is 11.8 Å². The predicted molar refractivity (Wildman–Crippen MR) is 88.1 cm³/mol. The summed E-state index contributed by atoms with van der Waals surface area (Å²) in [5.74, 6) is 4.49. The lowest BCUT2D eigenvalue weighted by Gasteiger charge is -2.19. The molecule has 0 fully saturated rings. The number of halogens is 1. The minimum absolute atomic E-state index is 0.214. The minimum atomic E-state index is -0.564. The quantitative estimate of drug-likeness (QED) is 0.521. The van der Waals surface area contributed by atoms with Crippen LogP contribution in [0.2, 0.25) is 0 Å². The number of hydrogen-bond acceptors (Lipinski definition) is 4. The average Bonchev–Trinajstić information content (AvgIpc) is 2.45. The number of alkyl carbamates (subject to hydrolysis) is 1. The molecule has 1 amide bonds. The molecule has 1 aromatic rings. The maximum Gasteiger partial charge on any atom is 0.407 e. The lowest BCUT2D eigenvalue weighted by molar-refractivity contribution is 0.0517. The normalized spacial score (nSPS) is 10.4. The molecule has 24 heavy (non-hydrogen) atoms. The van der Waals surface area contributed by atoms with Crippen LogP contribution < -0.4 is 5.32 Å². The van der Waals surface area contributed by atoms with Crippen molar-refractivity contribution in [2.75, 3.05) is 13.2 Å². The zero-order chi connectivity index (χ0) is 18.2. The molecule has 0 atom stereocenters. The number of amides is 1. The Morgan fingerprint density at radius 3 is 2.62 bits per heavy atom. The molecule has 5 nitrogen and oxygen atoms in total. The molecule has 0 spiro atoms. The second-order valence-electron chi connectivity index (χ2n) is 5.89. The van der Waals surface area contributed by atoms with Crippen molar-refractivity contribution in [2.24, 2.45) is 0 Å². The van der Waals surface area contributed by atoms with Crippen LogP contribution in [0.25, 0.3) is 0 Å². The maximum atomic E-state index is 13.3. The van der Waals surface area contributed by atoms with Crippen LogP contribution in [0.1, 0.15) is 50.0 Å². The third kappa shape index (κ3) is 7.14. The van der Waals surface area contributed by atoms with Gasteiger partial charge < -0.3 is 14.8 Å². The molecule has 1 aromatic carbocycles. The number of esters is 1. The first-order chi connectivity index (χ1) is 11.2. The second kappa shape index (κ2) is 8.92. The fourth-order valence-electron chi connectivity index (χ4n) is 1.71. The first-order valence-corrected chi connectivity index (χ1v) is 7.65. The molecule has 1 rings (SSSR count). The van der Waals surface area contributed by atoms with Crippen LogP contribution in [0.5, 0.6) is 0 Å². The summed E-state index contributed by atoms with van der Waals surface area (Å²) in [6.45, 7) is 7.51. The Morgan fingerprint density at radius 2 is 2.00 bits per heavy atom. The van der Waals surface area contributed by atoms with E-state index >= 15 is 0 Å². The average molecular weight is 335 g/mol. The number of nitrogens with one attached hydrogen (secondary N) is 1. The van der Waals surface area contributed by atoms with Crippen molar-refractivity contribution in [3.8, 4) is 11.8 Å². The molecule has 1 N–H and O–H groups in total. The summed E-state index contributed by atoms with van der Waals surface area (Å²) in [5.41, 5.74) is -0.0946. The number of rotatable bonds is 4. The van der Waals surface area contributed by atoms with E-state index in [1.165, 1.54) is 18.2 Å². The van der Waals surface area contributed by atoms with Crippen LogP contribution in [-0.4, -0.2) is 30.8 Å². The summed E-state index contributed by atoms with van der Waals surface area (Å²) in [4.78, 5) is 23.3. The van der Waals surface area contributed by atoms with Crippen molar-refractivity contribution in [2.45, 2.75) is 39.7 Å². The topological polar surface area (TPSA) is 64.6 Å². The summed E-state index contributed by atoms with van der Waals surface area (Å²) in [6.07, 6.45) is -0.194. The Labute approximate surface area is 141 Å². The molecule has 0 aliphatic rings. The third-order valence-corrected chi connectivity index (χ3v) is 2.62. The lowest BCUT2D eigenvalue weighted by Crippen LogP contribution is -2.32. The van der Waals surface area contributed by atoms with Gasteiger partial charge in [0.25, 0.3) is 0 Å². The van der Waals surface area contributed by atoms with Crippen molar-refractivity contribution >= 4 is 12.1 Å². The van der Waals surface area contributed by atoms with Crippen LogP contribution >= 0.6 is 0 Å². The molecule has 0 saturated heterocycles. The number of hydrogen-bond donors (Lipinski definition) is 1. The Hall–Kier alpha value is -2.55. The maximum absolute atomic E-state index is 13.3. The van der Waals surface area contributed by atoms with E-state index < -0.39 is 23.5 Å². The van der Waals surface area contributed by atoms with Gasteiger partial charge >= 0.3 is 12.1 Å². The standard InChI is InChI=1S/C18H22FNO4/c1-5-23-16(21)15-10-9-14(19)12-13(15)8-6-7-11-20-17(22)24-18(2,3)4/h9-10,12H,5,7,11H2,1-4H3,(H,20,22). The van der Waals surface area contributed by atoms with Gasteiger partial charge in [0, 0.05) is 18.5 Å². The summed E-state index contributed by atoms with van der Waals surface area (Å²) < 4.78 is 23.3. The molecule has 0 heterocycles. The zero-order valence-corrected chi connectivity index (χ0v) is 14.4. The SMILES string of the molecule is CCOC(=O)c1ccc(F)cc1C#CCCNC(=O)OC(C)(C)C. The molecule has 0 aromatic heterocycles. The van der Waals surface area contributed by atoms with Crippen molar-refractivity contribution in [3.63, 3.8) is 0 Å². The smallest absolute Gasteiger partial charge is 0.407 e. The Kier molecular flexibility index (Phi) is 7.25.